The molecule has 5 heteroatoms. The summed E-state index contributed by atoms with van der Waals surface area (Å²) in [5.41, 5.74) is 14.7. The summed E-state index contributed by atoms with van der Waals surface area (Å²) in [5.74, 6) is 1.83. The molecule has 12 aromatic rings. The quantitative estimate of drug-likeness (QED) is 0.161. The van der Waals surface area contributed by atoms with E-state index >= 15 is 0 Å². The molecule has 0 unspecified atom stereocenters. The summed E-state index contributed by atoms with van der Waals surface area (Å²) in [5, 5.41) is 4.36. The van der Waals surface area contributed by atoms with E-state index in [1.807, 2.05) is 72.8 Å². The van der Waals surface area contributed by atoms with Crippen LogP contribution in [0.2, 0.25) is 0 Å². The second-order valence-corrected chi connectivity index (χ2v) is 15.6. The molecule has 9 aromatic carbocycles. The van der Waals surface area contributed by atoms with Gasteiger partial charge in [0.25, 0.3) is 0 Å². The predicted molar refractivity (Wildman–Crippen MR) is 254 cm³/mol. The third kappa shape index (κ3) is 6.14. The van der Waals surface area contributed by atoms with E-state index < -0.39 is 0 Å². The lowest BCUT2D eigenvalue weighted by atomic mass is 9.97. The molecule has 0 bridgehead atoms. The van der Waals surface area contributed by atoms with Gasteiger partial charge in [0.2, 0.25) is 0 Å². The molecular weight excluding hydrogens is 757 g/mol. The third-order valence-corrected chi connectivity index (χ3v) is 11.9. The number of aromatic nitrogens is 4. The molecule has 0 aliphatic carbocycles. The molecule has 3 heterocycles. The van der Waals surface area contributed by atoms with E-state index in [1.54, 1.807) is 0 Å². The molecule has 290 valence electrons. The normalized spacial score (nSPS) is 11.5. The smallest absolute Gasteiger partial charge is 0.164 e. The molecule has 5 nitrogen and oxygen atoms in total. The van der Waals surface area contributed by atoms with Gasteiger partial charge in [-0.3, -0.25) is 0 Å². The lowest BCUT2D eigenvalue weighted by Crippen LogP contribution is -2.00. The highest BCUT2D eigenvalue weighted by atomic mass is 16.3. The van der Waals surface area contributed by atoms with Crippen LogP contribution in [0.3, 0.4) is 0 Å². The van der Waals surface area contributed by atoms with Crippen molar-refractivity contribution in [3.8, 4) is 73.2 Å². The summed E-state index contributed by atoms with van der Waals surface area (Å²) >= 11 is 0. The van der Waals surface area contributed by atoms with Crippen molar-refractivity contribution in [1.29, 1.82) is 0 Å². The fraction of sp³-hybridized carbons (Fsp3) is 0. The maximum absolute atomic E-state index is 6.53. The van der Waals surface area contributed by atoms with Crippen molar-refractivity contribution in [2.45, 2.75) is 0 Å². The van der Waals surface area contributed by atoms with Crippen molar-refractivity contribution in [2.24, 2.45) is 0 Å². The molecule has 62 heavy (non-hydrogen) atoms. The minimum absolute atomic E-state index is 0.594. The summed E-state index contributed by atoms with van der Waals surface area (Å²) < 4.78 is 8.91. The molecule has 0 saturated carbocycles. The SMILES string of the molecule is c1ccc(-c2cccc(-c3ccc4c(c3)c3cc(-c5ccc6oc7cccc(-c8nc(-c9ccccc9)nc(-c9ccccc9)n8)c7c6c5)ccc3n4-c3ccccc3)c2)cc1. The molecule has 0 atom stereocenters. The van der Waals surface area contributed by atoms with Crippen LogP contribution < -0.4 is 0 Å². The minimum Gasteiger partial charge on any atom is -0.456 e. The first kappa shape index (κ1) is 35.5. The average Bonchev–Trinajstić information content (AvgIpc) is 3.90. The Balaban J connectivity index is 1.02. The van der Waals surface area contributed by atoms with Crippen molar-refractivity contribution in [3.63, 3.8) is 0 Å². The highest BCUT2D eigenvalue weighted by Crippen LogP contribution is 2.41. The fourth-order valence-electron chi connectivity index (χ4n) is 8.87. The highest BCUT2D eigenvalue weighted by molar-refractivity contribution is 6.14. The summed E-state index contributed by atoms with van der Waals surface area (Å²) in [6, 6.07) is 76.5. The van der Waals surface area contributed by atoms with E-state index in [9.17, 15) is 0 Å². The van der Waals surface area contributed by atoms with Gasteiger partial charge in [-0.25, -0.2) is 15.0 Å². The van der Waals surface area contributed by atoms with Gasteiger partial charge in [0.1, 0.15) is 11.2 Å². The van der Waals surface area contributed by atoms with E-state index in [0.717, 1.165) is 66.5 Å². The zero-order valence-electron chi connectivity index (χ0n) is 33.5. The van der Waals surface area contributed by atoms with E-state index in [2.05, 4.69) is 150 Å². The van der Waals surface area contributed by atoms with Gasteiger partial charge >= 0.3 is 0 Å². The van der Waals surface area contributed by atoms with Gasteiger partial charge in [-0.15, -0.1) is 0 Å². The highest BCUT2D eigenvalue weighted by Gasteiger charge is 2.20. The van der Waals surface area contributed by atoms with Crippen molar-refractivity contribution >= 4 is 43.7 Å². The van der Waals surface area contributed by atoms with E-state index in [4.69, 9.17) is 19.4 Å². The van der Waals surface area contributed by atoms with Gasteiger partial charge in [0.05, 0.1) is 11.0 Å². The first-order valence-electron chi connectivity index (χ1n) is 20.8. The van der Waals surface area contributed by atoms with Crippen molar-refractivity contribution in [2.75, 3.05) is 0 Å². The van der Waals surface area contributed by atoms with E-state index in [1.165, 1.54) is 33.0 Å². The zero-order valence-corrected chi connectivity index (χ0v) is 33.5. The number of fused-ring (bicyclic) bond motifs is 6. The number of hydrogen-bond acceptors (Lipinski definition) is 4. The van der Waals surface area contributed by atoms with Crippen LogP contribution in [0.4, 0.5) is 0 Å². The molecule has 12 rings (SSSR count). The number of nitrogens with zero attached hydrogens (tertiary/aromatic N) is 4. The topological polar surface area (TPSA) is 56.7 Å². The second-order valence-electron chi connectivity index (χ2n) is 15.6. The lowest BCUT2D eigenvalue weighted by molar-refractivity contribution is 0.669. The standard InChI is InChI=1S/C57H36N4O/c1-5-15-37(16-6-1)40-21-13-22-41(33-40)42-27-30-50-47(34-42)48-35-43(28-31-51(48)61(50)45-23-11-4-12-24-45)44-29-32-52-49(36-44)54-46(25-14-26-53(54)62-52)57-59-55(38-17-7-2-8-18-38)58-56(60-57)39-19-9-3-10-20-39/h1-36H. The number of furan rings is 1. The van der Waals surface area contributed by atoms with Gasteiger partial charge in [-0.2, -0.15) is 0 Å². The molecule has 0 N–H and O–H groups in total. The summed E-state index contributed by atoms with van der Waals surface area (Å²) in [7, 11) is 0. The molecule has 0 aliphatic heterocycles. The first-order valence-corrected chi connectivity index (χ1v) is 20.8. The molecular formula is C57H36N4O. The first-order chi connectivity index (χ1) is 30.7. The number of rotatable bonds is 7. The van der Waals surface area contributed by atoms with Gasteiger partial charge in [-0.05, 0) is 94.0 Å². The van der Waals surface area contributed by atoms with Crippen molar-refractivity contribution in [1.82, 2.24) is 19.5 Å². The Morgan fingerprint density at radius 2 is 0.758 bits per heavy atom. The Bertz CT molecular complexity index is 3560. The van der Waals surface area contributed by atoms with E-state index in [0.29, 0.717) is 17.5 Å². The Labute approximate surface area is 357 Å². The van der Waals surface area contributed by atoms with Crippen LogP contribution in [0.5, 0.6) is 0 Å². The lowest BCUT2D eigenvalue weighted by Gasteiger charge is -2.09. The maximum Gasteiger partial charge on any atom is 0.164 e. The Morgan fingerprint density at radius 3 is 1.35 bits per heavy atom. The molecule has 0 radical (unpaired) electrons. The van der Waals surface area contributed by atoms with Crippen molar-refractivity contribution < 1.29 is 4.42 Å². The van der Waals surface area contributed by atoms with Crippen LogP contribution in [-0.2, 0) is 0 Å². The Kier molecular flexibility index (Phi) is 8.42. The van der Waals surface area contributed by atoms with Crippen LogP contribution in [0.1, 0.15) is 0 Å². The number of para-hydroxylation sites is 1. The number of hydrogen-bond donors (Lipinski definition) is 0. The maximum atomic E-state index is 6.53. The minimum atomic E-state index is 0.594. The molecule has 3 aromatic heterocycles. The van der Waals surface area contributed by atoms with Crippen LogP contribution >= 0.6 is 0 Å². The van der Waals surface area contributed by atoms with Gasteiger partial charge in [-0.1, -0.05) is 158 Å². The second kappa shape index (κ2) is 14.7. The van der Waals surface area contributed by atoms with Gasteiger partial charge < -0.3 is 8.98 Å². The van der Waals surface area contributed by atoms with Gasteiger partial charge in [0.15, 0.2) is 17.5 Å². The fourth-order valence-corrected chi connectivity index (χ4v) is 8.87. The molecule has 0 spiro atoms. The number of benzene rings is 9. The molecule has 0 saturated heterocycles. The Morgan fingerprint density at radius 1 is 0.306 bits per heavy atom. The molecule has 0 fully saturated rings. The summed E-state index contributed by atoms with van der Waals surface area (Å²) in [4.78, 5) is 15.1. The summed E-state index contributed by atoms with van der Waals surface area (Å²) in [6.07, 6.45) is 0. The zero-order chi connectivity index (χ0) is 41.0. The van der Waals surface area contributed by atoms with Crippen molar-refractivity contribution in [3.05, 3.63) is 218 Å². The van der Waals surface area contributed by atoms with E-state index in [-0.39, 0.29) is 0 Å². The van der Waals surface area contributed by atoms with Crippen LogP contribution in [-0.4, -0.2) is 19.5 Å². The molecule has 0 amide bonds. The monoisotopic (exact) mass is 792 g/mol. The molecule has 0 aliphatic rings. The average molecular weight is 793 g/mol. The predicted octanol–water partition coefficient (Wildman–Crippen LogP) is 14.9. The van der Waals surface area contributed by atoms with Crippen LogP contribution in [0.25, 0.3) is 117 Å². The largest absolute Gasteiger partial charge is 0.456 e. The third-order valence-electron chi connectivity index (χ3n) is 11.9. The Hall–Kier alpha value is -8.41. The summed E-state index contributed by atoms with van der Waals surface area (Å²) in [6.45, 7) is 0. The van der Waals surface area contributed by atoms with Crippen LogP contribution in [0.15, 0.2) is 223 Å². The van der Waals surface area contributed by atoms with Crippen LogP contribution in [0, 0.1) is 0 Å². The van der Waals surface area contributed by atoms with Gasteiger partial charge in [0, 0.05) is 43.9 Å².